The number of nitrogens with zero attached hydrogens (tertiary/aromatic N) is 2. The van der Waals surface area contributed by atoms with Gasteiger partial charge in [0, 0.05) is 31.9 Å². The van der Waals surface area contributed by atoms with Crippen LogP contribution in [0.25, 0.3) is 0 Å². The van der Waals surface area contributed by atoms with Gasteiger partial charge in [-0.3, -0.25) is 0 Å². The van der Waals surface area contributed by atoms with E-state index >= 15 is 0 Å². The highest BCUT2D eigenvalue weighted by molar-refractivity contribution is 5.29. The van der Waals surface area contributed by atoms with Gasteiger partial charge in [-0.15, -0.1) is 0 Å². The van der Waals surface area contributed by atoms with Crippen LogP contribution >= 0.6 is 0 Å². The second-order valence-corrected chi connectivity index (χ2v) is 5.12. The summed E-state index contributed by atoms with van der Waals surface area (Å²) in [7, 11) is 2.01. The van der Waals surface area contributed by atoms with Crippen LogP contribution in [0.2, 0.25) is 0 Å². The lowest BCUT2D eigenvalue weighted by atomic mass is 10.00. The number of rotatable bonds is 4. The monoisotopic (exact) mass is 243 g/mol. The predicted molar refractivity (Wildman–Crippen MR) is 74.5 cm³/mol. The largest absolute Gasteiger partial charge is 0.338 e. The quantitative estimate of drug-likeness (QED) is 0.894. The lowest BCUT2D eigenvalue weighted by Gasteiger charge is -2.12. The minimum absolute atomic E-state index is 0.118. The first-order chi connectivity index (χ1) is 8.54. The summed E-state index contributed by atoms with van der Waals surface area (Å²) < 4.78 is 2.03. The first kappa shape index (κ1) is 12.8. The Hall–Kier alpha value is -1.61. The lowest BCUT2D eigenvalue weighted by Crippen LogP contribution is -2.27. The average Bonchev–Trinajstić information content (AvgIpc) is 2.62. The maximum Gasteiger partial charge on any atom is 0.109 e. The van der Waals surface area contributed by atoms with Crippen LogP contribution in [0.4, 0.5) is 0 Å². The molecule has 1 aromatic heterocycles. The first-order valence-electron chi connectivity index (χ1n) is 6.33. The van der Waals surface area contributed by atoms with Crippen molar-refractivity contribution in [3.8, 4) is 0 Å². The fourth-order valence-corrected chi connectivity index (χ4v) is 2.39. The van der Waals surface area contributed by atoms with Crippen molar-refractivity contribution in [2.45, 2.75) is 32.7 Å². The van der Waals surface area contributed by atoms with Crippen LogP contribution in [-0.4, -0.2) is 15.6 Å². The van der Waals surface area contributed by atoms with Gasteiger partial charge in [0.2, 0.25) is 0 Å². The molecular formula is C15H21N3. The molecule has 0 spiro atoms. The van der Waals surface area contributed by atoms with Crippen molar-refractivity contribution >= 4 is 0 Å². The predicted octanol–water partition coefficient (Wildman–Crippen LogP) is 2.15. The number of aryl methyl sites for hydroxylation is 3. The van der Waals surface area contributed by atoms with Gasteiger partial charge < -0.3 is 10.3 Å². The van der Waals surface area contributed by atoms with E-state index < -0.39 is 0 Å². The van der Waals surface area contributed by atoms with Gasteiger partial charge in [-0.2, -0.15) is 0 Å². The van der Waals surface area contributed by atoms with Gasteiger partial charge in [-0.1, -0.05) is 29.3 Å². The van der Waals surface area contributed by atoms with E-state index in [4.69, 9.17) is 5.73 Å². The fraction of sp³-hybridized carbons (Fsp3) is 0.400. The molecule has 1 heterocycles. The van der Waals surface area contributed by atoms with Gasteiger partial charge in [-0.05, 0) is 25.8 Å². The zero-order valence-corrected chi connectivity index (χ0v) is 11.4. The molecule has 2 rings (SSSR count). The van der Waals surface area contributed by atoms with Crippen LogP contribution in [0.3, 0.4) is 0 Å². The molecule has 1 aromatic carbocycles. The SMILES string of the molecule is Cc1cc(C)cc(CC(N)Cc2nccn2C)c1. The van der Waals surface area contributed by atoms with Crippen LogP contribution in [-0.2, 0) is 19.9 Å². The number of aromatic nitrogens is 2. The highest BCUT2D eigenvalue weighted by atomic mass is 15.0. The van der Waals surface area contributed by atoms with Crippen LogP contribution in [0.15, 0.2) is 30.6 Å². The summed E-state index contributed by atoms with van der Waals surface area (Å²) in [5, 5.41) is 0. The Kier molecular flexibility index (Phi) is 3.82. The summed E-state index contributed by atoms with van der Waals surface area (Å²) in [6.07, 6.45) is 5.49. The second-order valence-electron chi connectivity index (χ2n) is 5.12. The van der Waals surface area contributed by atoms with Crippen molar-refractivity contribution < 1.29 is 0 Å². The van der Waals surface area contributed by atoms with E-state index in [1.807, 2.05) is 24.0 Å². The summed E-state index contributed by atoms with van der Waals surface area (Å²) in [6.45, 7) is 4.25. The Labute approximate surface area is 109 Å². The van der Waals surface area contributed by atoms with Gasteiger partial charge in [-0.25, -0.2) is 4.98 Å². The van der Waals surface area contributed by atoms with E-state index in [2.05, 4.69) is 37.0 Å². The number of hydrogen-bond acceptors (Lipinski definition) is 2. The molecule has 18 heavy (non-hydrogen) atoms. The Balaban J connectivity index is 2.03. The van der Waals surface area contributed by atoms with Gasteiger partial charge in [0.1, 0.15) is 5.82 Å². The normalized spacial score (nSPS) is 12.7. The smallest absolute Gasteiger partial charge is 0.109 e. The van der Waals surface area contributed by atoms with Crippen molar-refractivity contribution in [1.29, 1.82) is 0 Å². The molecule has 3 nitrogen and oxygen atoms in total. The number of benzene rings is 1. The molecule has 0 bridgehead atoms. The van der Waals surface area contributed by atoms with Crippen molar-refractivity contribution in [3.05, 3.63) is 53.1 Å². The first-order valence-corrected chi connectivity index (χ1v) is 6.33. The maximum absolute atomic E-state index is 6.21. The summed E-state index contributed by atoms with van der Waals surface area (Å²) in [5.41, 5.74) is 10.1. The molecule has 1 unspecified atom stereocenters. The van der Waals surface area contributed by atoms with Crippen molar-refractivity contribution in [1.82, 2.24) is 9.55 Å². The average molecular weight is 243 g/mol. The third-order valence-electron chi connectivity index (χ3n) is 3.15. The summed E-state index contributed by atoms with van der Waals surface area (Å²) in [6, 6.07) is 6.73. The van der Waals surface area contributed by atoms with Gasteiger partial charge in [0.05, 0.1) is 0 Å². The molecule has 0 amide bonds. The Morgan fingerprint density at radius 2 is 1.83 bits per heavy atom. The van der Waals surface area contributed by atoms with Crippen LogP contribution in [0.5, 0.6) is 0 Å². The zero-order valence-electron chi connectivity index (χ0n) is 11.4. The fourth-order valence-electron chi connectivity index (χ4n) is 2.39. The van der Waals surface area contributed by atoms with E-state index in [0.29, 0.717) is 0 Å². The molecule has 2 N–H and O–H groups in total. The summed E-state index contributed by atoms with van der Waals surface area (Å²) in [5.74, 6) is 1.05. The zero-order chi connectivity index (χ0) is 13.1. The minimum Gasteiger partial charge on any atom is -0.338 e. The topological polar surface area (TPSA) is 43.8 Å². The standard InChI is InChI=1S/C15H21N3/c1-11-6-12(2)8-13(7-11)9-14(16)10-15-17-4-5-18(15)3/h4-8,14H,9-10,16H2,1-3H3. The van der Waals surface area contributed by atoms with E-state index in [-0.39, 0.29) is 6.04 Å². The summed E-state index contributed by atoms with van der Waals surface area (Å²) in [4.78, 5) is 4.32. The highest BCUT2D eigenvalue weighted by Crippen LogP contribution is 2.11. The molecule has 1 atom stereocenters. The molecule has 0 fully saturated rings. The molecular weight excluding hydrogens is 222 g/mol. The molecule has 0 aliphatic carbocycles. The number of hydrogen-bond donors (Lipinski definition) is 1. The Morgan fingerprint density at radius 1 is 1.17 bits per heavy atom. The van der Waals surface area contributed by atoms with Gasteiger partial charge in [0.15, 0.2) is 0 Å². The van der Waals surface area contributed by atoms with Crippen molar-refractivity contribution in [2.24, 2.45) is 12.8 Å². The summed E-state index contributed by atoms with van der Waals surface area (Å²) >= 11 is 0. The minimum atomic E-state index is 0.118. The third kappa shape index (κ3) is 3.20. The second kappa shape index (κ2) is 5.36. The lowest BCUT2D eigenvalue weighted by molar-refractivity contribution is 0.622. The van der Waals surface area contributed by atoms with Crippen LogP contribution < -0.4 is 5.73 Å². The van der Waals surface area contributed by atoms with Crippen molar-refractivity contribution in [2.75, 3.05) is 0 Å². The third-order valence-corrected chi connectivity index (χ3v) is 3.15. The Morgan fingerprint density at radius 3 is 2.39 bits per heavy atom. The highest BCUT2D eigenvalue weighted by Gasteiger charge is 2.09. The molecule has 0 aliphatic heterocycles. The number of nitrogens with two attached hydrogens (primary N) is 1. The Bertz CT molecular complexity index is 508. The van der Waals surface area contributed by atoms with E-state index in [1.165, 1.54) is 16.7 Å². The van der Waals surface area contributed by atoms with E-state index in [0.717, 1.165) is 18.7 Å². The molecule has 0 saturated heterocycles. The van der Waals surface area contributed by atoms with Gasteiger partial charge in [0.25, 0.3) is 0 Å². The van der Waals surface area contributed by atoms with Crippen molar-refractivity contribution in [3.63, 3.8) is 0 Å². The van der Waals surface area contributed by atoms with Crippen LogP contribution in [0, 0.1) is 13.8 Å². The molecule has 0 saturated carbocycles. The molecule has 2 aromatic rings. The molecule has 0 radical (unpaired) electrons. The molecule has 96 valence electrons. The van der Waals surface area contributed by atoms with Gasteiger partial charge >= 0.3 is 0 Å². The number of imidazole rings is 1. The molecule has 3 heteroatoms. The van der Waals surface area contributed by atoms with E-state index in [9.17, 15) is 0 Å². The maximum atomic E-state index is 6.21. The molecule has 0 aliphatic rings. The van der Waals surface area contributed by atoms with Crippen LogP contribution in [0.1, 0.15) is 22.5 Å². The van der Waals surface area contributed by atoms with E-state index in [1.54, 1.807) is 0 Å².